The molecule has 0 fully saturated rings. The highest BCUT2D eigenvalue weighted by atomic mass is 19.1. The van der Waals surface area contributed by atoms with Gasteiger partial charge in [0.2, 0.25) is 5.91 Å². The van der Waals surface area contributed by atoms with E-state index in [0.717, 1.165) is 0 Å². The van der Waals surface area contributed by atoms with Crippen molar-refractivity contribution in [3.8, 4) is 5.75 Å². The van der Waals surface area contributed by atoms with Crippen molar-refractivity contribution in [3.05, 3.63) is 30.1 Å². The van der Waals surface area contributed by atoms with Crippen LogP contribution in [-0.2, 0) is 9.59 Å². The third kappa shape index (κ3) is 5.37. The second-order valence-electron chi connectivity index (χ2n) is 3.93. The van der Waals surface area contributed by atoms with E-state index in [4.69, 9.17) is 4.74 Å². The Balaban J connectivity index is 2.37. The minimum Gasteiger partial charge on any atom is -0.484 e. The highest BCUT2D eigenvalue weighted by Crippen LogP contribution is 2.11. The second kappa shape index (κ2) is 7.35. The van der Waals surface area contributed by atoms with Crippen LogP contribution in [0.15, 0.2) is 24.3 Å². The molecule has 1 rings (SSSR count). The highest BCUT2D eigenvalue weighted by molar-refractivity contribution is 5.87. The first-order valence-electron chi connectivity index (χ1n) is 5.98. The largest absolute Gasteiger partial charge is 0.484 e. The number of carbonyl (C=O) groups is 2. The summed E-state index contributed by atoms with van der Waals surface area (Å²) in [6, 6.07) is 4.86. The van der Waals surface area contributed by atoms with E-state index in [1.54, 1.807) is 19.9 Å². The van der Waals surface area contributed by atoms with Crippen LogP contribution in [0, 0.1) is 5.82 Å². The molecule has 0 saturated heterocycles. The molecule has 0 heterocycles. The predicted molar refractivity (Wildman–Crippen MR) is 68.2 cm³/mol. The Kier molecular flexibility index (Phi) is 5.78. The van der Waals surface area contributed by atoms with Gasteiger partial charge in [0.15, 0.2) is 6.61 Å². The molecular formula is C13H17FN2O3. The smallest absolute Gasteiger partial charge is 0.258 e. The van der Waals surface area contributed by atoms with Crippen molar-refractivity contribution < 1.29 is 18.7 Å². The van der Waals surface area contributed by atoms with E-state index in [2.05, 4.69) is 10.6 Å². The summed E-state index contributed by atoms with van der Waals surface area (Å²) in [6.45, 7) is 3.59. The molecular weight excluding hydrogens is 251 g/mol. The molecule has 2 N–H and O–H groups in total. The predicted octanol–water partition coefficient (Wildman–Crippen LogP) is 0.845. The van der Waals surface area contributed by atoms with E-state index in [0.29, 0.717) is 6.54 Å². The van der Waals surface area contributed by atoms with Gasteiger partial charge in [0, 0.05) is 12.6 Å². The van der Waals surface area contributed by atoms with Crippen molar-refractivity contribution >= 4 is 11.8 Å². The standard InChI is InChI=1S/C13H17FN2O3/c1-3-15-13(18)9(2)16-12(17)8-19-11-6-4-5-10(14)7-11/h4-7,9H,3,8H2,1-2H3,(H,15,18)(H,16,17). The van der Waals surface area contributed by atoms with Crippen molar-refractivity contribution in [2.75, 3.05) is 13.2 Å². The number of nitrogens with one attached hydrogen (secondary N) is 2. The van der Waals surface area contributed by atoms with Gasteiger partial charge in [0.25, 0.3) is 5.91 Å². The number of hydrogen-bond donors (Lipinski definition) is 2. The van der Waals surface area contributed by atoms with Gasteiger partial charge in [-0.3, -0.25) is 9.59 Å². The van der Waals surface area contributed by atoms with Crippen molar-refractivity contribution in [3.63, 3.8) is 0 Å². The zero-order chi connectivity index (χ0) is 14.3. The summed E-state index contributed by atoms with van der Waals surface area (Å²) in [5.41, 5.74) is 0. The van der Waals surface area contributed by atoms with Crippen LogP contribution in [0.1, 0.15) is 13.8 Å². The number of likely N-dealkylation sites (N-methyl/N-ethyl adjacent to an activating group) is 1. The van der Waals surface area contributed by atoms with Crippen LogP contribution in [0.5, 0.6) is 5.75 Å². The van der Waals surface area contributed by atoms with E-state index in [-0.39, 0.29) is 18.3 Å². The summed E-state index contributed by atoms with van der Waals surface area (Å²) in [6.07, 6.45) is 0. The Bertz CT molecular complexity index is 451. The average molecular weight is 268 g/mol. The molecule has 0 aliphatic carbocycles. The molecule has 5 nitrogen and oxygen atoms in total. The van der Waals surface area contributed by atoms with Gasteiger partial charge in [-0.25, -0.2) is 4.39 Å². The lowest BCUT2D eigenvalue weighted by atomic mass is 10.3. The van der Waals surface area contributed by atoms with Gasteiger partial charge in [0.05, 0.1) is 0 Å². The van der Waals surface area contributed by atoms with Crippen LogP contribution >= 0.6 is 0 Å². The zero-order valence-electron chi connectivity index (χ0n) is 10.9. The lowest BCUT2D eigenvalue weighted by molar-refractivity contribution is -0.129. The van der Waals surface area contributed by atoms with E-state index in [9.17, 15) is 14.0 Å². The fourth-order valence-electron chi connectivity index (χ4n) is 1.38. The third-order valence-electron chi connectivity index (χ3n) is 2.29. The van der Waals surface area contributed by atoms with Crippen molar-refractivity contribution in [2.24, 2.45) is 0 Å². The Morgan fingerprint density at radius 3 is 2.79 bits per heavy atom. The summed E-state index contributed by atoms with van der Waals surface area (Å²) in [5.74, 6) is -0.876. The van der Waals surface area contributed by atoms with Crippen LogP contribution < -0.4 is 15.4 Å². The summed E-state index contributed by atoms with van der Waals surface area (Å²) < 4.78 is 18.0. The molecule has 0 aliphatic rings. The Morgan fingerprint density at radius 1 is 1.42 bits per heavy atom. The summed E-state index contributed by atoms with van der Waals surface area (Å²) >= 11 is 0. The molecule has 0 aliphatic heterocycles. The number of benzene rings is 1. The lowest BCUT2D eigenvalue weighted by Gasteiger charge is -2.13. The van der Waals surface area contributed by atoms with Gasteiger partial charge < -0.3 is 15.4 Å². The molecule has 2 amide bonds. The van der Waals surface area contributed by atoms with Gasteiger partial charge in [0.1, 0.15) is 17.6 Å². The number of carbonyl (C=O) groups excluding carboxylic acids is 2. The van der Waals surface area contributed by atoms with E-state index < -0.39 is 17.8 Å². The molecule has 19 heavy (non-hydrogen) atoms. The number of halogens is 1. The van der Waals surface area contributed by atoms with Crippen LogP contribution in [0.2, 0.25) is 0 Å². The molecule has 1 unspecified atom stereocenters. The van der Waals surface area contributed by atoms with E-state index >= 15 is 0 Å². The van der Waals surface area contributed by atoms with Crippen molar-refractivity contribution in [1.82, 2.24) is 10.6 Å². The molecule has 6 heteroatoms. The van der Waals surface area contributed by atoms with Crippen molar-refractivity contribution in [1.29, 1.82) is 0 Å². The Hall–Kier alpha value is -2.11. The fraction of sp³-hybridized carbons (Fsp3) is 0.385. The molecule has 0 radical (unpaired) electrons. The summed E-state index contributed by atoms with van der Waals surface area (Å²) in [4.78, 5) is 22.9. The highest BCUT2D eigenvalue weighted by Gasteiger charge is 2.14. The Labute approximate surface area is 111 Å². The number of hydrogen-bond acceptors (Lipinski definition) is 3. The monoisotopic (exact) mass is 268 g/mol. The van der Waals surface area contributed by atoms with Gasteiger partial charge in [-0.05, 0) is 26.0 Å². The second-order valence-corrected chi connectivity index (χ2v) is 3.93. The van der Waals surface area contributed by atoms with Crippen LogP contribution in [0.25, 0.3) is 0 Å². The normalized spacial score (nSPS) is 11.5. The topological polar surface area (TPSA) is 67.4 Å². The molecule has 0 spiro atoms. The van der Waals surface area contributed by atoms with Gasteiger partial charge in [-0.2, -0.15) is 0 Å². The maximum atomic E-state index is 12.9. The quantitative estimate of drug-likeness (QED) is 0.803. The molecule has 0 bridgehead atoms. The maximum absolute atomic E-state index is 12.9. The van der Waals surface area contributed by atoms with Gasteiger partial charge >= 0.3 is 0 Å². The molecule has 0 aromatic heterocycles. The average Bonchev–Trinajstić information content (AvgIpc) is 2.36. The fourth-order valence-corrected chi connectivity index (χ4v) is 1.38. The zero-order valence-corrected chi connectivity index (χ0v) is 10.9. The first-order chi connectivity index (χ1) is 9.02. The van der Waals surface area contributed by atoms with Crippen molar-refractivity contribution in [2.45, 2.75) is 19.9 Å². The number of rotatable bonds is 6. The number of amides is 2. The third-order valence-corrected chi connectivity index (χ3v) is 2.29. The van der Waals surface area contributed by atoms with Crippen LogP contribution in [-0.4, -0.2) is 31.0 Å². The summed E-state index contributed by atoms with van der Waals surface area (Å²) in [5, 5.41) is 5.07. The molecule has 0 saturated carbocycles. The molecule has 1 atom stereocenters. The Morgan fingerprint density at radius 2 is 2.16 bits per heavy atom. The lowest BCUT2D eigenvalue weighted by Crippen LogP contribution is -2.46. The van der Waals surface area contributed by atoms with E-state index in [1.807, 2.05) is 0 Å². The van der Waals surface area contributed by atoms with Gasteiger partial charge in [-0.15, -0.1) is 0 Å². The SMILES string of the molecule is CCNC(=O)C(C)NC(=O)COc1cccc(F)c1. The van der Waals surface area contributed by atoms with Gasteiger partial charge in [-0.1, -0.05) is 6.07 Å². The first kappa shape index (κ1) is 14.9. The minimum absolute atomic E-state index is 0.262. The van der Waals surface area contributed by atoms with E-state index in [1.165, 1.54) is 18.2 Å². The first-order valence-corrected chi connectivity index (χ1v) is 5.98. The molecule has 1 aromatic rings. The summed E-state index contributed by atoms with van der Waals surface area (Å²) in [7, 11) is 0. The number of ether oxygens (including phenoxy) is 1. The van der Waals surface area contributed by atoms with Crippen LogP contribution in [0.4, 0.5) is 4.39 Å². The molecule has 104 valence electrons. The minimum atomic E-state index is -0.636. The maximum Gasteiger partial charge on any atom is 0.258 e. The van der Waals surface area contributed by atoms with Crippen LogP contribution in [0.3, 0.4) is 0 Å². The molecule has 1 aromatic carbocycles.